The molecule has 5 heteroatoms. The zero-order valence-electron chi connectivity index (χ0n) is 6.24. The molecule has 0 spiro atoms. The second-order valence-electron chi connectivity index (χ2n) is 2.63. The van der Waals surface area contributed by atoms with Crippen molar-refractivity contribution in [2.45, 2.75) is 18.6 Å². The zero-order chi connectivity index (χ0) is 8.48. The molecule has 0 bridgehead atoms. The van der Waals surface area contributed by atoms with Gasteiger partial charge in [-0.1, -0.05) is 11.8 Å². The maximum absolute atomic E-state index is 10.9. The molecule has 1 aliphatic rings. The van der Waals surface area contributed by atoms with Crippen molar-refractivity contribution in [3.8, 4) is 0 Å². The fourth-order valence-electron chi connectivity index (χ4n) is 1.09. The molecule has 1 aliphatic heterocycles. The van der Waals surface area contributed by atoms with Gasteiger partial charge >= 0.3 is 0 Å². The van der Waals surface area contributed by atoms with E-state index >= 15 is 0 Å². The molecule has 11 heavy (non-hydrogen) atoms. The number of carbonyl (C=O) groups is 1. The van der Waals surface area contributed by atoms with Crippen molar-refractivity contribution in [2.24, 2.45) is 0 Å². The Labute approximate surface area is 70.5 Å². The van der Waals surface area contributed by atoms with Crippen LogP contribution < -0.4 is 0 Å². The highest BCUT2D eigenvalue weighted by Crippen LogP contribution is 2.24. The molecule has 0 aromatic heterocycles. The summed E-state index contributed by atoms with van der Waals surface area (Å²) in [6, 6.07) is 0. The van der Waals surface area contributed by atoms with Gasteiger partial charge < -0.3 is 0 Å². The van der Waals surface area contributed by atoms with Crippen molar-refractivity contribution in [3.63, 3.8) is 0 Å². The van der Waals surface area contributed by atoms with E-state index in [1.54, 1.807) is 0 Å². The molecule has 1 atom stereocenters. The third kappa shape index (κ3) is 2.83. The largest absolute Gasteiger partial charge is 0.288 e. The first-order valence-corrected chi connectivity index (χ1v) is 6.07. The van der Waals surface area contributed by atoms with E-state index in [0.717, 1.165) is 11.8 Å². The van der Waals surface area contributed by atoms with Gasteiger partial charge in [-0.15, -0.1) is 0 Å². The van der Waals surface area contributed by atoms with Crippen molar-refractivity contribution in [2.75, 3.05) is 11.5 Å². The van der Waals surface area contributed by atoms with Gasteiger partial charge in [-0.2, -0.15) is 0 Å². The van der Waals surface area contributed by atoms with Crippen LogP contribution in [-0.4, -0.2) is 30.3 Å². The molecule has 0 aromatic rings. The summed E-state index contributed by atoms with van der Waals surface area (Å²) in [5.74, 6) is 0.426. The van der Waals surface area contributed by atoms with Gasteiger partial charge in [-0.25, -0.2) is 8.42 Å². The van der Waals surface area contributed by atoms with Crippen molar-refractivity contribution >= 4 is 26.7 Å². The Balaban J connectivity index is 2.49. The summed E-state index contributed by atoms with van der Waals surface area (Å²) in [6.07, 6.45) is 0.632. The maximum atomic E-state index is 10.9. The number of sulfone groups is 1. The van der Waals surface area contributed by atoms with Crippen LogP contribution in [0.2, 0.25) is 0 Å². The Kier molecular flexibility index (Phi) is 2.59. The Bertz CT molecular complexity index is 255. The van der Waals surface area contributed by atoms with Gasteiger partial charge in [-0.3, -0.25) is 4.79 Å². The van der Waals surface area contributed by atoms with Crippen LogP contribution in [0, 0.1) is 0 Å². The highest BCUT2D eigenvalue weighted by Gasteiger charge is 2.28. The molecule has 0 N–H and O–H groups in total. The van der Waals surface area contributed by atoms with E-state index in [0.29, 0.717) is 6.42 Å². The van der Waals surface area contributed by atoms with Crippen molar-refractivity contribution < 1.29 is 13.2 Å². The molecule has 0 radical (unpaired) electrons. The van der Waals surface area contributed by atoms with E-state index in [2.05, 4.69) is 0 Å². The van der Waals surface area contributed by atoms with E-state index in [1.165, 1.54) is 6.92 Å². The first-order chi connectivity index (χ1) is 4.99. The highest BCUT2D eigenvalue weighted by molar-refractivity contribution is 8.14. The molecule has 1 heterocycles. The third-order valence-corrected chi connectivity index (χ3v) is 4.57. The topological polar surface area (TPSA) is 51.2 Å². The normalized spacial score (nSPS) is 28.6. The maximum Gasteiger partial charge on any atom is 0.186 e. The van der Waals surface area contributed by atoms with Crippen LogP contribution in [0.15, 0.2) is 0 Å². The van der Waals surface area contributed by atoms with Gasteiger partial charge in [0, 0.05) is 12.2 Å². The van der Waals surface area contributed by atoms with Crippen LogP contribution in [0.3, 0.4) is 0 Å². The smallest absolute Gasteiger partial charge is 0.186 e. The van der Waals surface area contributed by atoms with E-state index in [1.807, 2.05) is 0 Å². The molecule has 0 saturated carbocycles. The Morgan fingerprint density at radius 3 is 2.55 bits per heavy atom. The van der Waals surface area contributed by atoms with Crippen LogP contribution >= 0.6 is 11.8 Å². The molecule has 1 saturated heterocycles. The molecule has 64 valence electrons. The zero-order valence-corrected chi connectivity index (χ0v) is 7.87. The number of hydrogen-bond acceptors (Lipinski definition) is 4. The minimum atomic E-state index is -2.81. The van der Waals surface area contributed by atoms with E-state index in [-0.39, 0.29) is 21.9 Å². The average molecular weight is 194 g/mol. The molecule has 0 aromatic carbocycles. The van der Waals surface area contributed by atoms with Crippen LogP contribution in [0.5, 0.6) is 0 Å². The summed E-state index contributed by atoms with van der Waals surface area (Å²) in [6.45, 7) is 1.47. The van der Waals surface area contributed by atoms with Gasteiger partial charge in [0.15, 0.2) is 15.0 Å². The quantitative estimate of drug-likeness (QED) is 0.608. The summed E-state index contributed by atoms with van der Waals surface area (Å²) < 4.78 is 21.8. The van der Waals surface area contributed by atoms with E-state index in [4.69, 9.17) is 0 Å². The molecule has 1 fully saturated rings. The van der Waals surface area contributed by atoms with Gasteiger partial charge in [0.2, 0.25) is 0 Å². The molecule has 3 nitrogen and oxygen atoms in total. The molecule has 0 unspecified atom stereocenters. The lowest BCUT2D eigenvalue weighted by atomic mass is 10.4. The van der Waals surface area contributed by atoms with E-state index in [9.17, 15) is 13.2 Å². The number of carbonyl (C=O) groups excluding carboxylic acids is 1. The lowest BCUT2D eigenvalue weighted by molar-refractivity contribution is -0.109. The van der Waals surface area contributed by atoms with Gasteiger partial charge in [-0.05, 0) is 6.42 Å². The predicted octanol–water partition coefficient (Wildman–Crippen LogP) is 0.453. The van der Waals surface area contributed by atoms with Gasteiger partial charge in [0.05, 0.1) is 11.5 Å². The molecular weight excluding hydrogens is 184 g/mol. The average Bonchev–Trinajstić information content (AvgIpc) is 2.08. The Morgan fingerprint density at radius 1 is 1.55 bits per heavy atom. The molecule has 1 rings (SSSR count). The second kappa shape index (κ2) is 3.15. The number of rotatable bonds is 1. The number of thioether (sulfide) groups is 1. The van der Waals surface area contributed by atoms with E-state index < -0.39 is 9.84 Å². The van der Waals surface area contributed by atoms with Crippen LogP contribution in [0.4, 0.5) is 0 Å². The molecule has 0 amide bonds. The van der Waals surface area contributed by atoms with Gasteiger partial charge in [0.1, 0.15) is 0 Å². The lowest BCUT2D eigenvalue weighted by Crippen LogP contribution is -2.07. The van der Waals surface area contributed by atoms with Gasteiger partial charge in [0.25, 0.3) is 0 Å². The minimum absolute atomic E-state index is 0.00657. The summed E-state index contributed by atoms with van der Waals surface area (Å²) in [5, 5.41) is 0.0181. The monoisotopic (exact) mass is 194 g/mol. The van der Waals surface area contributed by atoms with Crippen molar-refractivity contribution in [1.82, 2.24) is 0 Å². The summed E-state index contributed by atoms with van der Waals surface area (Å²) in [4.78, 5) is 10.6. The Hall–Kier alpha value is -0.0300. The molecular formula is C6H10O3S2. The number of hydrogen-bond donors (Lipinski definition) is 0. The van der Waals surface area contributed by atoms with Crippen LogP contribution in [-0.2, 0) is 14.6 Å². The van der Waals surface area contributed by atoms with Crippen LogP contribution in [0.1, 0.15) is 13.3 Å². The summed E-state index contributed by atoms with van der Waals surface area (Å²) in [7, 11) is -2.81. The lowest BCUT2D eigenvalue weighted by Gasteiger charge is -2.00. The first kappa shape index (κ1) is 9.06. The fourth-order valence-corrected chi connectivity index (χ4v) is 4.38. The standard InChI is InChI=1S/C6H10O3S2/c1-5(7)10-6-2-3-11(8,9)4-6/h6H,2-4H2,1H3/t6-/m1/s1. The predicted molar refractivity (Wildman–Crippen MR) is 45.3 cm³/mol. The van der Waals surface area contributed by atoms with Crippen LogP contribution in [0.25, 0.3) is 0 Å². The first-order valence-electron chi connectivity index (χ1n) is 3.37. The Morgan fingerprint density at radius 2 is 2.18 bits per heavy atom. The second-order valence-corrected chi connectivity index (χ2v) is 6.34. The van der Waals surface area contributed by atoms with Crippen molar-refractivity contribution in [3.05, 3.63) is 0 Å². The summed E-state index contributed by atoms with van der Waals surface area (Å²) >= 11 is 1.15. The SMILES string of the molecule is CC(=O)S[C@@H]1CCS(=O)(=O)C1. The highest BCUT2D eigenvalue weighted by atomic mass is 32.2. The third-order valence-electron chi connectivity index (χ3n) is 1.52. The molecule has 0 aliphatic carbocycles. The fraction of sp³-hybridized carbons (Fsp3) is 0.833. The minimum Gasteiger partial charge on any atom is -0.288 e. The van der Waals surface area contributed by atoms with Crippen molar-refractivity contribution in [1.29, 1.82) is 0 Å². The summed E-state index contributed by atoms with van der Waals surface area (Å²) in [5.41, 5.74) is 0.